The molecule has 1 aliphatic rings. The molecule has 2 rings (SSSR count). The largest absolute Gasteiger partial charge is 0.269 e. The lowest BCUT2D eigenvalue weighted by Gasteiger charge is -1.97. The summed E-state index contributed by atoms with van der Waals surface area (Å²) < 4.78 is 2.15. The molecule has 0 atom stereocenters. The van der Waals surface area contributed by atoms with E-state index in [1.165, 1.54) is 24.2 Å². The van der Waals surface area contributed by atoms with Crippen molar-refractivity contribution < 1.29 is 0 Å². The molecule has 1 aliphatic heterocycles. The van der Waals surface area contributed by atoms with E-state index >= 15 is 0 Å². The van der Waals surface area contributed by atoms with Gasteiger partial charge in [-0.05, 0) is 24.8 Å². The monoisotopic (exact) mass is 150 g/mol. The van der Waals surface area contributed by atoms with Crippen molar-refractivity contribution in [3.63, 3.8) is 0 Å². The van der Waals surface area contributed by atoms with E-state index < -0.39 is 0 Å². The molecule has 0 unspecified atom stereocenters. The van der Waals surface area contributed by atoms with Crippen LogP contribution in [-0.2, 0) is 13.0 Å². The van der Waals surface area contributed by atoms with E-state index in [0.29, 0.717) is 5.92 Å². The highest BCUT2D eigenvalue weighted by Gasteiger charge is 2.14. The average Bonchev–Trinajstić information content (AvgIpc) is 2.40. The zero-order valence-corrected chi connectivity index (χ0v) is 7.17. The van der Waals surface area contributed by atoms with Crippen LogP contribution >= 0.6 is 0 Å². The van der Waals surface area contributed by atoms with E-state index in [0.717, 1.165) is 6.54 Å². The van der Waals surface area contributed by atoms with Crippen molar-refractivity contribution >= 4 is 0 Å². The fraction of sp³-hybridized carbons (Fsp3) is 0.667. The van der Waals surface area contributed by atoms with E-state index in [9.17, 15) is 0 Å². The second-order valence-corrected chi connectivity index (χ2v) is 3.54. The first kappa shape index (κ1) is 6.89. The highest BCUT2D eigenvalue weighted by Crippen LogP contribution is 2.19. The minimum absolute atomic E-state index is 0.577. The number of aromatic nitrogens is 2. The van der Waals surface area contributed by atoms with E-state index in [1.807, 2.05) is 0 Å². The topological polar surface area (TPSA) is 17.8 Å². The molecule has 2 nitrogen and oxygen atoms in total. The molecule has 0 aromatic carbocycles. The summed E-state index contributed by atoms with van der Waals surface area (Å²) >= 11 is 0. The van der Waals surface area contributed by atoms with E-state index in [1.54, 1.807) is 0 Å². The third-order valence-corrected chi connectivity index (χ3v) is 2.28. The normalized spacial score (nSPS) is 15.9. The van der Waals surface area contributed by atoms with Crippen LogP contribution in [0.2, 0.25) is 0 Å². The molecule has 0 aliphatic carbocycles. The maximum Gasteiger partial charge on any atom is 0.0652 e. The minimum Gasteiger partial charge on any atom is -0.269 e. The van der Waals surface area contributed by atoms with E-state index in [2.05, 4.69) is 29.7 Å². The second kappa shape index (κ2) is 2.36. The predicted molar refractivity (Wildman–Crippen MR) is 44.6 cm³/mol. The summed E-state index contributed by atoms with van der Waals surface area (Å²) in [5, 5.41) is 4.51. The summed E-state index contributed by atoms with van der Waals surface area (Å²) in [5.41, 5.74) is 2.67. The van der Waals surface area contributed by atoms with Gasteiger partial charge in [0.15, 0.2) is 0 Å². The molecule has 0 N–H and O–H groups in total. The standard InChI is InChI=1S/C9H14N2/c1-7(2)9-6-8-4-3-5-11(8)10-9/h6-7H,3-5H2,1-2H3. The number of hydrogen-bond acceptors (Lipinski definition) is 1. The van der Waals surface area contributed by atoms with Gasteiger partial charge in [-0.1, -0.05) is 13.8 Å². The molecule has 0 fully saturated rings. The van der Waals surface area contributed by atoms with Crippen LogP contribution in [0.5, 0.6) is 0 Å². The summed E-state index contributed by atoms with van der Waals surface area (Å²) in [7, 11) is 0. The maximum absolute atomic E-state index is 4.51. The molecule has 0 amide bonds. The minimum atomic E-state index is 0.577. The van der Waals surface area contributed by atoms with Crippen LogP contribution in [0, 0.1) is 0 Å². The summed E-state index contributed by atoms with van der Waals surface area (Å²) in [5.74, 6) is 0.577. The molecule has 2 heteroatoms. The van der Waals surface area contributed by atoms with Crippen LogP contribution in [0.15, 0.2) is 6.07 Å². The SMILES string of the molecule is CC(C)c1cc2n(n1)CCC2. The zero-order chi connectivity index (χ0) is 7.84. The highest BCUT2D eigenvalue weighted by molar-refractivity contribution is 5.15. The van der Waals surface area contributed by atoms with Crippen LogP contribution in [0.3, 0.4) is 0 Å². The molecule has 0 saturated carbocycles. The van der Waals surface area contributed by atoms with Gasteiger partial charge >= 0.3 is 0 Å². The first-order valence-corrected chi connectivity index (χ1v) is 4.34. The Labute approximate surface area is 67.2 Å². The lowest BCUT2D eigenvalue weighted by atomic mass is 10.1. The Kier molecular flexibility index (Phi) is 1.48. The van der Waals surface area contributed by atoms with Gasteiger partial charge in [-0.15, -0.1) is 0 Å². The molecule has 1 aromatic heterocycles. The van der Waals surface area contributed by atoms with Crippen molar-refractivity contribution in [1.82, 2.24) is 9.78 Å². The summed E-state index contributed by atoms with van der Waals surface area (Å²) in [4.78, 5) is 0. The zero-order valence-electron chi connectivity index (χ0n) is 7.17. The quantitative estimate of drug-likeness (QED) is 0.598. The van der Waals surface area contributed by atoms with Gasteiger partial charge in [0.05, 0.1) is 5.69 Å². The van der Waals surface area contributed by atoms with E-state index in [4.69, 9.17) is 0 Å². The van der Waals surface area contributed by atoms with Crippen LogP contribution in [0.4, 0.5) is 0 Å². The summed E-state index contributed by atoms with van der Waals surface area (Å²) in [6.45, 7) is 5.51. The molecule has 11 heavy (non-hydrogen) atoms. The fourth-order valence-corrected chi connectivity index (χ4v) is 1.56. The van der Waals surface area contributed by atoms with Gasteiger partial charge in [0.2, 0.25) is 0 Å². The maximum atomic E-state index is 4.51. The number of aryl methyl sites for hydroxylation is 2. The van der Waals surface area contributed by atoms with Crippen LogP contribution in [-0.4, -0.2) is 9.78 Å². The molecule has 0 saturated heterocycles. The Morgan fingerprint density at radius 1 is 1.55 bits per heavy atom. The van der Waals surface area contributed by atoms with Crippen LogP contribution in [0.1, 0.15) is 37.6 Å². The molecule has 2 heterocycles. The molecule has 60 valence electrons. The molecule has 0 spiro atoms. The Hall–Kier alpha value is -0.790. The van der Waals surface area contributed by atoms with Crippen molar-refractivity contribution in [1.29, 1.82) is 0 Å². The number of rotatable bonds is 1. The first-order chi connectivity index (χ1) is 5.27. The third kappa shape index (κ3) is 1.06. The Bertz CT molecular complexity index is 239. The molecule has 0 radical (unpaired) electrons. The average molecular weight is 150 g/mol. The number of fused-ring (bicyclic) bond motifs is 1. The van der Waals surface area contributed by atoms with Crippen LogP contribution < -0.4 is 0 Å². The van der Waals surface area contributed by atoms with Gasteiger partial charge in [0, 0.05) is 12.2 Å². The Balaban J connectivity index is 2.34. The molecule has 1 aromatic rings. The molecular formula is C9H14N2. The van der Waals surface area contributed by atoms with Gasteiger partial charge in [0.1, 0.15) is 0 Å². The van der Waals surface area contributed by atoms with Crippen molar-refractivity contribution in [3.05, 3.63) is 17.5 Å². The smallest absolute Gasteiger partial charge is 0.0652 e. The Morgan fingerprint density at radius 2 is 2.36 bits per heavy atom. The first-order valence-electron chi connectivity index (χ1n) is 4.34. The highest BCUT2D eigenvalue weighted by atomic mass is 15.3. The molecule has 0 bridgehead atoms. The van der Waals surface area contributed by atoms with E-state index in [-0.39, 0.29) is 0 Å². The fourth-order valence-electron chi connectivity index (χ4n) is 1.56. The van der Waals surface area contributed by atoms with Crippen LogP contribution in [0.25, 0.3) is 0 Å². The van der Waals surface area contributed by atoms with Crippen molar-refractivity contribution in [3.8, 4) is 0 Å². The van der Waals surface area contributed by atoms with Gasteiger partial charge in [-0.2, -0.15) is 5.10 Å². The van der Waals surface area contributed by atoms with Crippen molar-refractivity contribution in [2.45, 2.75) is 39.2 Å². The van der Waals surface area contributed by atoms with Gasteiger partial charge in [-0.3, -0.25) is 4.68 Å². The third-order valence-electron chi connectivity index (χ3n) is 2.28. The van der Waals surface area contributed by atoms with Gasteiger partial charge < -0.3 is 0 Å². The predicted octanol–water partition coefficient (Wildman–Crippen LogP) is 1.95. The van der Waals surface area contributed by atoms with Crippen molar-refractivity contribution in [2.24, 2.45) is 0 Å². The Morgan fingerprint density at radius 3 is 3.00 bits per heavy atom. The lowest BCUT2D eigenvalue weighted by molar-refractivity contribution is 0.632. The molecular weight excluding hydrogens is 136 g/mol. The lowest BCUT2D eigenvalue weighted by Crippen LogP contribution is -1.96. The van der Waals surface area contributed by atoms with Crippen molar-refractivity contribution in [2.75, 3.05) is 0 Å². The van der Waals surface area contributed by atoms with Gasteiger partial charge in [0.25, 0.3) is 0 Å². The number of nitrogens with zero attached hydrogens (tertiary/aromatic N) is 2. The second-order valence-electron chi connectivity index (χ2n) is 3.54. The summed E-state index contributed by atoms with van der Waals surface area (Å²) in [6, 6.07) is 2.25. The number of hydrogen-bond donors (Lipinski definition) is 0. The summed E-state index contributed by atoms with van der Waals surface area (Å²) in [6.07, 6.45) is 2.50. The van der Waals surface area contributed by atoms with Gasteiger partial charge in [-0.25, -0.2) is 0 Å².